The molecule has 1 saturated heterocycles. The first-order valence-corrected chi connectivity index (χ1v) is 5.42. The number of rotatable bonds is 3. The predicted molar refractivity (Wildman–Crippen MR) is 58.4 cm³/mol. The molecule has 1 aromatic carbocycles. The van der Waals surface area contributed by atoms with Crippen LogP contribution in [0.2, 0.25) is 0 Å². The van der Waals surface area contributed by atoms with E-state index in [4.69, 9.17) is 4.74 Å². The van der Waals surface area contributed by atoms with Crippen LogP contribution in [0.1, 0.15) is 12.8 Å². The second-order valence-corrected chi connectivity index (χ2v) is 3.92. The maximum atomic E-state index is 13.3. The Morgan fingerprint density at radius 2 is 2.00 bits per heavy atom. The predicted octanol–water partition coefficient (Wildman–Crippen LogP) is 2.66. The average molecular weight is 209 g/mol. The van der Waals surface area contributed by atoms with Crippen LogP contribution in [0.25, 0.3) is 0 Å². The van der Waals surface area contributed by atoms with E-state index >= 15 is 0 Å². The standard InChI is InChI=1S/C12H16FNO/c13-11-3-1-2-4-12(11)14-9-10-5-7-15-8-6-10/h1-4,10,14H,5-9H2. The number of anilines is 1. The first kappa shape index (κ1) is 10.4. The summed E-state index contributed by atoms with van der Waals surface area (Å²) < 4.78 is 18.5. The van der Waals surface area contributed by atoms with E-state index in [9.17, 15) is 4.39 Å². The lowest BCUT2D eigenvalue weighted by Crippen LogP contribution is -2.22. The van der Waals surface area contributed by atoms with E-state index in [2.05, 4.69) is 5.32 Å². The van der Waals surface area contributed by atoms with E-state index in [-0.39, 0.29) is 5.82 Å². The van der Waals surface area contributed by atoms with Crippen molar-refractivity contribution in [1.82, 2.24) is 0 Å². The zero-order chi connectivity index (χ0) is 10.5. The van der Waals surface area contributed by atoms with Crippen LogP contribution in [0.3, 0.4) is 0 Å². The molecule has 3 heteroatoms. The number of nitrogens with one attached hydrogen (secondary N) is 1. The van der Waals surface area contributed by atoms with Gasteiger partial charge in [-0.3, -0.25) is 0 Å². The van der Waals surface area contributed by atoms with Crippen molar-refractivity contribution >= 4 is 5.69 Å². The van der Waals surface area contributed by atoms with Crippen LogP contribution in [0.5, 0.6) is 0 Å². The SMILES string of the molecule is Fc1ccccc1NCC1CCOCC1. The van der Waals surface area contributed by atoms with Gasteiger partial charge in [0.15, 0.2) is 0 Å². The molecule has 0 bridgehead atoms. The van der Waals surface area contributed by atoms with Crippen LogP contribution < -0.4 is 5.32 Å². The topological polar surface area (TPSA) is 21.3 Å². The molecule has 1 aromatic rings. The molecule has 15 heavy (non-hydrogen) atoms. The maximum absolute atomic E-state index is 13.3. The van der Waals surface area contributed by atoms with Gasteiger partial charge in [-0.2, -0.15) is 0 Å². The quantitative estimate of drug-likeness (QED) is 0.826. The van der Waals surface area contributed by atoms with Crippen LogP contribution in [-0.4, -0.2) is 19.8 Å². The Morgan fingerprint density at radius 1 is 1.27 bits per heavy atom. The molecule has 0 saturated carbocycles. The zero-order valence-corrected chi connectivity index (χ0v) is 8.71. The summed E-state index contributed by atoms with van der Waals surface area (Å²) in [5.74, 6) is 0.433. The molecular formula is C12H16FNO. The Labute approximate surface area is 89.4 Å². The third-order valence-corrected chi connectivity index (χ3v) is 2.80. The summed E-state index contributed by atoms with van der Waals surface area (Å²) in [5.41, 5.74) is 0.601. The van der Waals surface area contributed by atoms with Crippen molar-refractivity contribution in [3.63, 3.8) is 0 Å². The van der Waals surface area contributed by atoms with Gasteiger partial charge in [-0.05, 0) is 30.9 Å². The minimum Gasteiger partial charge on any atom is -0.382 e. The Kier molecular flexibility index (Phi) is 3.56. The zero-order valence-electron chi connectivity index (χ0n) is 8.71. The lowest BCUT2D eigenvalue weighted by molar-refractivity contribution is 0.0699. The van der Waals surface area contributed by atoms with Crippen molar-refractivity contribution in [2.45, 2.75) is 12.8 Å². The van der Waals surface area contributed by atoms with Crippen molar-refractivity contribution in [1.29, 1.82) is 0 Å². The Bertz CT molecular complexity index is 310. The third-order valence-electron chi connectivity index (χ3n) is 2.80. The van der Waals surface area contributed by atoms with Gasteiger partial charge in [0, 0.05) is 19.8 Å². The van der Waals surface area contributed by atoms with Crippen LogP contribution in [0, 0.1) is 11.7 Å². The maximum Gasteiger partial charge on any atom is 0.146 e. The molecule has 1 N–H and O–H groups in total. The monoisotopic (exact) mass is 209 g/mol. The van der Waals surface area contributed by atoms with E-state index < -0.39 is 0 Å². The molecule has 82 valence electrons. The molecule has 0 spiro atoms. The van der Waals surface area contributed by atoms with E-state index in [1.54, 1.807) is 12.1 Å². The van der Waals surface area contributed by atoms with Crippen molar-refractivity contribution in [2.75, 3.05) is 25.1 Å². The van der Waals surface area contributed by atoms with E-state index in [0.717, 1.165) is 32.6 Å². The molecule has 0 aliphatic carbocycles. The van der Waals surface area contributed by atoms with Gasteiger partial charge in [-0.25, -0.2) is 4.39 Å². The van der Waals surface area contributed by atoms with Gasteiger partial charge < -0.3 is 10.1 Å². The molecule has 1 fully saturated rings. The molecule has 1 aliphatic rings. The molecule has 0 aromatic heterocycles. The van der Waals surface area contributed by atoms with Gasteiger partial charge in [-0.15, -0.1) is 0 Å². The van der Waals surface area contributed by atoms with Gasteiger partial charge in [0.25, 0.3) is 0 Å². The first-order valence-electron chi connectivity index (χ1n) is 5.42. The fourth-order valence-electron chi connectivity index (χ4n) is 1.81. The van der Waals surface area contributed by atoms with Crippen LogP contribution in [0.4, 0.5) is 10.1 Å². The summed E-state index contributed by atoms with van der Waals surface area (Å²) in [6.07, 6.45) is 2.14. The van der Waals surface area contributed by atoms with Crippen LogP contribution >= 0.6 is 0 Å². The highest BCUT2D eigenvalue weighted by atomic mass is 19.1. The first-order chi connectivity index (χ1) is 7.36. The van der Waals surface area contributed by atoms with Crippen LogP contribution in [-0.2, 0) is 4.74 Å². The minimum absolute atomic E-state index is 0.176. The average Bonchev–Trinajstić information content (AvgIpc) is 2.29. The minimum atomic E-state index is -0.176. The summed E-state index contributed by atoms with van der Waals surface area (Å²) in [6.45, 7) is 2.51. The lowest BCUT2D eigenvalue weighted by Gasteiger charge is -2.22. The van der Waals surface area contributed by atoms with E-state index in [1.165, 1.54) is 6.07 Å². The Hall–Kier alpha value is -1.09. The molecule has 0 radical (unpaired) electrons. The molecule has 0 amide bonds. The molecule has 2 rings (SSSR count). The molecule has 0 atom stereocenters. The van der Waals surface area contributed by atoms with Crippen molar-refractivity contribution in [2.24, 2.45) is 5.92 Å². The van der Waals surface area contributed by atoms with Crippen molar-refractivity contribution in [3.8, 4) is 0 Å². The summed E-state index contributed by atoms with van der Waals surface area (Å²) in [4.78, 5) is 0. The number of para-hydroxylation sites is 1. The smallest absolute Gasteiger partial charge is 0.146 e. The van der Waals surface area contributed by atoms with Crippen molar-refractivity contribution < 1.29 is 9.13 Å². The Morgan fingerprint density at radius 3 is 2.73 bits per heavy atom. The summed E-state index contributed by atoms with van der Waals surface area (Å²) in [6, 6.07) is 6.80. The number of hydrogen-bond acceptors (Lipinski definition) is 2. The molecule has 0 unspecified atom stereocenters. The molecule has 1 heterocycles. The highest BCUT2D eigenvalue weighted by molar-refractivity contribution is 5.44. The van der Waals surface area contributed by atoms with Gasteiger partial charge in [-0.1, -0.05) is 12.1 Å². The van der Waals surface area contributed by atoms with Gasteiger partial charge in [0.05, 0.1) is 5.69 Å². The molecule has 1 aliphatic heterocycles. The summed E-state index contributed by atoms with van der Waals surface area (Å²) in [7, 11) is 0. The summed E-state index contributed by atoms with van der Waals surface area (Å²) >= 11 is 0. The second kappa shape index (κ2) is 5.12. The van der Waals surface area contributed by atoms with Crippen molar-refractivity contribution in [3.05, 3.63) is 30.1 Å². The second-order valence-electron chi connectivity index (χ2n) is 3.92. The number of benzene rings is 1. The van der Waals surface area contributed by atoms with Gasteiger partial charge in [0.1, 0.15) is 5.82 Å². The normalized spacial score (nSPS) is 17.7. The van der Waals surface area contributed by atoms with E-state index in [1.807, 2.05) is 6.07 Å². The largest absolute Gasteiger partial charge is 0.382 e. The lowest BCUT2D eigenvalue weighted by atomic mass is 10.0. The summed E-state index contributed by atoms with van der Waals surface area (Å²) in [5, 5.41) is 3.15. The molecule has 2 nitrogen and oxygen atoms in total. The number of ether oxygens (including phenoxy) is 1. The number of hydrogen-bond donors (Lipinski definition) is 1. The Balaban J connectivity index is 1.84. The molecular weight excluding hydrogens is 193 g/mol. The van der Waals surface area contributed by atoms with Crippen LogP contribution in [0.15, 0.2) is 24.3 Å². The number of halogens is 1. The third kappa shape index (κ3) is 2.93. The highest BCUT2D eigenvalue weighted by Gasteiger charge is 2.13. The fraction of sp³-hybridized carbons (Fsp3) is 0.500. The van der Waals surface area contributed by atoms with E-state index in [0.29, 0.717) is 11.6 Å². The highest BCUT2D eigenvalue weighted by Crippen LogP contribution is 2.17. The fourth-order valence-corrected chi connectivity index (χ4v) is 1.81. The van der Waals surface area contributed by atoms with Gasteiger partial charge in [0.2, 0.25) is 0 Å². The van der Waals surface area contributed by atoms with Gasteiger partial charge >= 0.3 is 0 Å².